The Balaban J connectivity index is 1.52. The van der Waals surface area contributed by atoms with Gasteiger partial charge in [0.25, 0.3) is 15.6 Å². The molecular formula is C25H34N7O17P3S-4. The highest BCUT2D eigenvalue weighted by Crippen LogP contribution is 2.56. The molecule has 1 aliphatic heterocycles. The minimum atomic E-state index is -5.91. The molecule has 0 bridgehead atoms. The molecule has 296 valence electrons. The molecule has 2 aromatic rings. The Hall–Kier alpha value is -2.88. The maximum Gasteiger partial charge on any atom is 0.274 e. The number of fused-ring (bicyclic) bond motifs is 1. The standard InChI is InChI=1S/C25H38N7O17P3S/c1-4-5-16(34)53-9-8-27-15(33)6-7-28-23(37)20(36)25(2,3)11-46-52(43,44)49-51(41,42)45-10-14-19(48-50(38,39)40)18(35)24(47-14)32-13-31-17-21(26)29-12-30-22(17)32/h1,12-14,18-20,24,35-36H,5-11H2,2-3H3,(H,27,33)(H,28,37)(H,41,42)(H,43,44)(H2,26,29,30)(H2,38,39,40)/p-4. The van der Waals surface area contributed by atoms with Crippen LogP contribution in [0.15, 0.2) is 12.7 Å². The Morgan fingerprint density at radius 2 is 1.81 bits per heavy atom. The molecule has 1 aliphatic rings. The van der Waals surface area contributed by atoms with Crippen molar-refractivity contribution < 1.29 is 80.5 Å². The lowest BCUT2D eigenvalue weighted by molar-refractivity contribution is -0.347. The number of rotatable bonds is 20. The number of thioether (sulfide) groups is 1. The maximum absolute atomic E-state index is 12.5. The van der Waals surface area contributed by atoms with Crippen LogP contribution in [-0.2, 0) is 50.7 Å². The number of phosphoric ester groups is 3. The molecule has 28 heteroatoms. The van der Waals surface area contributed by atoms with Gasteiger partial charge in [-0.15, -0.1) is 6.42 Å². The smallest absolute Gasteiger partial charge is 0.274 e. The molecule has 7 unspecified atom stereocenters. The lowest BCUT2D eigenvalue weighted by Gasteiger charge is -2.36. The zero-order valence-electron chi connectivity index (χ0n) is 27.7. The first-order valence-corrected chi connectivity index (χ1v) is 20.3. The molecule has 2 aromatic heterocycles. The summed E-state index contributed by atoms with van der Waals surface area (Å²) in [5.74, 6) is 0.874. The summed E-state index contributed by atoms with van der Waals surface area (Å²) in [6, 6.07) is 0. The number of ether oxygens (including phenoxy) is 1. The fourth-order valence-corrected chi connectivity index (χ4v) is 7.76. The Labute approximate surface area is 305 Å². The molecule has 3 heterocycles. The average Bonchev–Trinajstić information content (AvgIpc) is 3.61. The number of nitrogens with one attached hydrogen (secondary N) is 2. The van der Waals surface area contributed by atoms with E-state index in [2.05, 4.69) is 49.4 Å². The minimum absolute atomic E-state index is 0.0245. The van der Waals surface area contributed by atoms with Crippen LogP contribution in [0.1, 0.15) is 32.9 Å². The number of aromatic nitrogens is 4. The van der Waals surface area contributed by atoms with E-state index in [0.717, 1.165) is 29.0 Å². The normalized spacial score (nSPS) is 22.0. The molecule has 2 amide bonds. The molecule has 53 heavy (non-hydrogen) atoms. The fourth-order valence-electron chi connectivity index (χ4n) is 4.41. The number of terminal acetylenes is 1. The fraction of sp³-hybridized carbons (Fsp3) is 0.600. The van der Waals surface area contributed by atoms with E-state index >= 15 is 0 Å². The second-order valence-corrected chi connectivity index (χ2v) is 16.8. The van der Waals surface area contributed by atoms with Crippen molar-refractivity contribution in [3.05, 3.63) is 12.7 Å². The zero-order chi connectivity index (χ0) is 39.8. The van der Waals surface area contributed by atoms with Crippen LogP contribution in [0.3, 0.4) is 0 Å². The molecule has 0 aliphatic carbocycles. The van der Waals surface area contributed by atoms with Gasteiger partial charge in [-0.05, 0) is 0 Å². The Bertz CT molecular complexity index is 1820. The summed E-state index contributed by atoms with van der Waals surface area (Å²) >= 11 is 0.941. The summed E-state index contributed by atoms with van der Waals surface area (Å²) in [7, 11) is -17.6. The van der Waals surface area contributed by atoms with Crippen molar-refractivity contribution >= 4 is 69.1 Å². The van der Waals surface area contributed by atoms with Crippen molar-refractivity contribution in [1.29, 1.82) is 0 Å². The van der Waals surface area contributed by atoms with Crippen LogP contribution in [0, 0.1) is 17.8 Å². The number of nitrogens with zero attached hydrogens (tertiary/aromatic N) is 4. The number of aliphatic hydroxyl groups excluding tert-OH is 2. The molecule has 7 atom stereocenters. The first-order valence-electron chi connectivity index (χ1n) is 15.0. The molecule has 1 saturated heterocycles. The summed E-state index contributed by atoms with van der Waals surface area (Å²) in [6.07, 6.45) is -2.65. The van der Waals surface area contributed by atoms with E-state index in [-0.39, 0.29) is 53.8 Å². The van der Waals surface area contributed by atoms with Gasteiger partial charge in [0, 0.05) is 30.7 Å². The molecule has 0 saturated carbocycles. The molecule has 24 nitrogen and oxygen atoms in total. The monoisotopic (exact) mass is 829 g/mol. The SMILES string of the molecule is C#CCC(=O)SCCNC(=O)CCNC(=O)C(O)C(C)(C)COP(=O)([O-])OP(=O)([O-])OCC1OC(n2cnc3c(N)ncnc32)C(O)C1OP(=O)([O-])[O-]. The van der Waals surface area contributed by atoms with Crippen molar-refractivity contribution in [2.24, 2.45) is 5.41 Å². The first-order chi connectivity index (χ1) is 24.6. The largest absolute Gasteiger partial charge is 0.790 e. The molecule has 6 N–H and O–H groups in total. The van der Waals surface area contributed by atoms with Gasteiger partial charge in [-0.3, -0.25) is 28.1 Å². The number of aliphatic hydroxyl groups is 2. The third-order valence-electron chi connectivity index (χ3n) is 6.99. The average molecular weight is 830 g/mol. The van der Waals surface area contributed by atoms with Gasteiger partial charge in [-0.25, -0.2) is 19.3 Å². The van der Waals surface area contributed by atoms with Crippen molar-refractivity contribution in [2.75, 3.05) is 37.8 Å². The number of hydrogen-bond donors (Lipinski definition) is 5. The minimum Gasteiger partial charge on any atom is -0.790 e. The van der Waals surface area contributed by atoms with Gasteiger partial charge in [-0.2, -0.15) is 0 Å². The predicted molar refractivity (Wildman–Crippen MR) is 172 cm³/mol. The molecule has 0 radical (unpaired) electrons. The Morgan fingerprint density at radius 3 is 2.47 bits per heavy atom. The number of nitrogens with two attached hydrogens (primary N) is 1. The quantitative estimate of drug-likeness (QED) is 0.0484. The van der Waals surface area contributed by atoms with Crippen LogP contribution in [0.2, 0.25) is 0 Å². The third kappa shape index (κ3) is 13.4. The molecule has 0 aromatic carbocycles. The third-order valence-corrected chi connectivity index (χ3v) is 10.9. The molecular weight excluding hydrogens is 795 g/mol. The molecule has 1 fully saturated rings. The van der Waals surface area contributed by atoms with E-state index in [1.807, 2.05) is 0 Å². The second-order valence-electron chi connectivity index (χ2n) is 11.6. The van der Waals surface area contributed by atoms with Crippen molar-refractivity contribution in [3.8, 4) is 12.3 Å². The second kappa shape index (κ2) is 18.6. The first kappa shape index (κ1) is 44.5. The zero-order valence-corrected chi connectivity index (χ0v) is 31.2. The number of carbonyl (C=O) groups is 3. The molecule has 3 rings (SSSR count). The maximum atomic E-state index is 12.5. The number of amides is 2. The van der Waals surface area contributed by atoms with Gasteiger partial charge >= 0.3 is 0 Å². The summed E-state index contributed by atoms with van der Waals surface area (Å²) in [5.41, 5.74) is 4.05. The number of anilines is 1. The number of imidazole rings is 1. The number of nitrogen functional groups attached to an aromatic ring is 1. The van der Waals surface area contributed by atoms with E-state index in [0.29, 0.717) is 0 Å². The topological polar surface area (TPSA) is 375 Å². The highest BCUT2D eigenvalue weighted by molar-refractivity contribution is 8.13. The Kier molecular flexibility index (Phi) is 15.7. The lowest BCUT2D eigenvalue weighted by Crippen LogP contribution is -2.46. The lowest BCUT2D eigenvalue weighted by atomic mass is 9.87. The van der Waals surface area contributed by atoms with Crippen molar-refractivity contribution in [2.45, 2.75) is 57.3 Å². The number of carbonyl (C=O) groups excluding carboxylic acids is 3. The van der Waals surface area contributed by atoms with Crippen LogP contribution >= 0.6 is 35.2 Å². The van der Waals surface area contributed by atoms with E-state index in [4.69, 9.17) is 16.9 Å². The van der Waals surface area contributed by atoms with Gasteiger partial charge in [0.1, 0.15) is 36.3 Å². The van der Waals surface area contributed by atoms with Crippen LogP contribution in [-0.4, -0.2) is 103 Å². The van der Waals surface area contributed by atoms with Crippen LogP contribution in [0.4, 0.5) is 5.82 Å². The summed E-state index contributed by atoms with van der Waals surface area (Å²) in [6.45, 7) is 0.00231. The van der Waals surface area contributed by atoms with Gasteiger partial charge in [-0.1, -0.05) is 31.5 Å². The highest BCUT2D eigenvalue weighted by atomic mass is 32.2. The highest BCUT2D eigenvalue weighted by Gasteiger charge is 2.47. The van der Waals surface area contributed by atoms with Crippen LogP contribution in [0.25, 0.3) is 11.2 Å². The molecule has 0 spiro atoms. The summed E-state index contributed by atoms with van der Waals surface area (Å²) in [5, 5.41) is 25.8. The van der Waals surface area contributed by atoms with Crippen molar-refractivity contribution in [1.82, 2.24) is 30.2 Å². The number of hydrogen-bond acceptors (Lipinski definition) is 22. The van der Waals surface area contributed by atoms with Gasteiger partial charge in [0.15, 0.2) is 17.7 Å². The van der Waals surface area contributed by atoms with E-state index in [9.17, 15) is 57.9 Å². The number of phosphoric acid groups is 3. The van der Waals surface area contributed by atoms with Crippen LogP contribution in [0.5, 0.6) is 0 Å². The van der Waals surface area contributed by atoms with E-state index in [1.165, 1.54) is 13.8 Å². The van der Waals surface area contributed by atoms with E-state index in [1.54, 1.807) is 0 Å². The summed E-state index contributed by atoms with van der Waals surface area (Å²) in [4.78, 5) is 95.0. The van der Waals surface area contributed by atoms with Gasteiger partial charge in [0.2, 0.25) is 16.9 Å². The van der Waals surface area contributed by atoms with E-state index < -0.39 is 84.6 Å². The Morgan fingerprint density at radius 1 is 1.13 bits per heavy atom. The van der Waals surface area contributed by atoms with Gasteiger partial charge in [0.05, 0.1) is 33.8 Å². The van der Waals surface area contributed by atoms with Crippen molar-refractivity contribution in [3.63, 3.8) is 0 Å². The van der Waals surface area contributed by atoms with Gasteiger partial charge < -0.3 is 69.0 Å². The predicted octanol–water partition coefficient (Wildman–Crippen LogP) is -3.84. The summed E-state index contributed by atoms with van der Waals surface area (Å²) < 4.78 is 60.3. The van der Waals surface area contributed by atoms with Crippen LogP contribution < -0.4 is 35.9 Å².